The van der Waals surface area contributed by atoms with E-state index in [2.05, 4.69) is 23.0 Å². The monoisotopic (exact) mass is 435 g/mol. The van der Waals surface area contributed by atoms with Gasteiger partial charge in [-0.1, -0.05) is 55.9 Å². The average molecular weight is 436 g/mol. The number of H-pyrrole nitrogens is 1. The van der Waals surface area contributed by atoms with Crippen molar-refractivity contribution < 1.29 is 9.90 Å². The first-order valence-corrected chi connectivity index (χ1v) is 11.4. The molecule has 0 aliphatic heterocycles. The largest absolute Gasteiger partial charge is 0.394 e. The number of para-hydroxylation sites is 2. The molecular formula is C24H25N3O3S. The number of carbonyl (C=O) groups excluding carboxylic acids is 1. The second-order valence-electron chi connectivity index (χ2n) is 7.44. The highest BCUT2D eigenvalue weighted by molar-refractivity contribution is 7.99. The first-order valence-electron chi connectivity index (χ1n) is 10.5. The Morgan fingerprint density at radius 1 is 1.16 bits per heavy atom. The minimum Gasteiger partial charge on any atom is -0.394 e. The van der Waals surface area contributed by atoms with Gasteiger partial charge in [-0.3, -0.25) is 14.2 Å². The molecule has 0 bridgehead atoms. The number of benzene rings is 2. The number of fused-ring (bicyclic) bond motifs is 2. The molecule has 0 aliphatic rings. The summed E-state index contributed by atoms with van der Waals surface area (Å²) in [7, 11) is 0. The number of hydrogen-bond acceptors (Lipinski definition) is 5. The Kier molecular flexibility index (Phi) is 6.25. The predicted octanol–water partition coefficient (Wildman–Crippen LogP) is 4.36. The molecule has 6 nitrogen and oxygen atoms in total. The Hall–Kier alpha value is -2.90. The second kappa shape index (κ2) is 9.08. The molecular weight excluding hydrogens is 410 g/mol. The first kappa shape index (κ1) is 21.3. The second-order valence-corrected chi connectivity index (χ2v) is 8.38. The third kappa shape index (κ3) is 3.91. The topological polar surface area (TPSA) is 88.0 Å². The zero-order valence-electron chi connectivity index (χ0n) is 17.6. The lowest BCUT2D eigenvalue weighted by Gasteiger charge is -2.19. The summed E-state index contributed by atoms with van der Waals surface area (Å²) in [5, 5.41) is 11.7. The molecule has 0 fully saturated rings. The fourth-order valence-electron chi connectivity index (χ4n) is 3.89. The lowest BCUT2D eigenvalue weighted by atomic mass is 10.1. The number of rotatable bonds is 8. The van der Waals surface area contributed by atoms with Gasteiger partial charge in [0.1, 0.15) is 0 Å². The van der Waals surface area contributed by atoms with Gasteiger partial charge in [-0.15, -0.1) is 0 Å². The third-order valence-corrected chi connectivity index (χ3v) is 6.59. The van der Waals surface area contributed by atoms with Crippen LogP contribution in [0.4, 0.5) is 0 Å². The minimum absolute atomic E-state index is 0.0319. The zero-order chi connectivity index (χ0) is 22.0. The van der Waals surface area contributed by atoms with E-state index in [9.17, 15) is 14.7 Å². The normalized spacial score (nSPS) is 12.5. The van der Waals surface area contributed by atoms with Gasteiger partial charge >= 0.3 is 0 Å². The highest BCUT2D eigenvalue weighted by atomic mass is 32.2. The van der Waals surface area contributed by atoms with Crippen molar-refractivity contribution in [3.63, 3.8) is 0 Å². The van der Waals surface area contributed by atoms with Crippen LogP contribution in [0.25, 0.3) is 21.8 Å². The number of aliphatic hydroxyl groups is 1. The molecule has 2 aromatic carbocycles. The number of aromatic nitrogens is 3. The van der Waals surface area contributed by atoms with Gasteiger partial charge in [0, 0.05) is 22.7 Å². The molecule has 0 saturated carbocycles. The molecule has 2 N–H and O–H groups in total. The highest BCUT2D eigenvalue weighted by Gasteiger charge is 2.20. The van der Waals surface area contributed by atoms with E-state index in [0.717, 1.165) is 17.3 Å². The number of aromatic amines is 1. The van der Waals surface area contributed by atoms with Crippen molar-refractivity contribution in [3.8, 4) is 0 Å². The van der Waals surface area contributed by atoms with E-state index < -0.39 is 0 Å². The summed E-state index contributed by atoms with van der Waals surface area (Å²) in [5.41, 5.74) is 3.20. The number of carbonyl (C=O) groups is 1. The van der Waals surface area contributed by atoms with E-state index in [1.807, 2.05) is 25.1 Å². The molecule has 2 heterocycles. The molecule has 2 aromatic heterocycles. The van der Waals surface area contributed by atoms with E-state index in [4.69, 9.17) is 0 Å². The van der Waals surface area contributed by atoms with Crippen LogP contribution < -0.4 is 5.56 Å². The number of nitrogens with one attached hydrogen (secondary N) is 1. The van der Waals surface area contributed by atoms with Crippen molar-refractivity contribution in [2.75, 3.05) is 12.4 Å². The van der Waals surface area contributed by atoms with Crippen molar-refractivity contribution in [1.82, 2.24) is 14.5 Å². The van der Waals surface area contributed by atoms with Gasteiger partial charge in [0.25, 0.3) is 5.56 Å². The maximum atomic E-state index is 13.1. The maximum absolute atomic E-state index is 13.1. The molecule has 160 valence electrons. The summed E-state index contributed by atoms with van der Waals surface area (Å²) in [4.78, 5) is 34.1. The van der Waals surface area contributed by atoms with Crippen LogP contribution in [0, 0.1) is 0 Å². The number of aryl methyl sites for hydroxylation is 1. The number of Topliss-reactive ketones (excluding diaryl/α,β-unsaturated/α-hetero) is 1. The van der Waals surface area contributed by atoms with Crippen molar-refractivity contribution in [2.24, 2.45) is 0 Å². The smallest absolute Gasteiger partial charge is 0.262 e. The van der Waals surface area contributed by atoms with Crippen LogP contribution in [-0.2, 0) is 6.42 Å². The number of ketones is 1. The number of aliphatic hydroxyl groups excluding tert-OH is 1. The SMILES string of the molecule is CCc1cccc2c(C(=O)CSc3nc4ccccc4c(=O)n3[C@H](CC)CO)c[nH]c12. The molecule has 7 heteroatoms. The fraction of sp³-hybridized carbons (Fsp3) is 0.292. The molecule has 0 saturated heterocycles. The van der Waals surface area contributed by atoms with Crippen LogP contribution in [0.5, 0.6) is 0 Å². The van der Waals surface area contributed by atoms with Crippen LogP contribution in [0.2, 0.25) is 0 Å². The summed E-state index contributed by atoms with van der Waals surface area (Å²) in [6, 6.07) is 12.7. The third-order valence-electron chi connectivity index (χ3n) is 5.64. The maximum Gasteiger partial charge on any atom is 0.262 e. The van der Waals surface area contributed by atoms with Gasteiger partial charge in [0.15, 0.2) is 10.9 Å². The lowest BCUT2D eigenvalue weighted by molar-refractivity contribution is 0.102. The van der Waals surface area contributed by atoms with Crippen molar-refractivity contribution >= 4 is 39.4 Å². The lowest BCUT2D eigenvalue weighted by Crippen LogP contribution is -2.29. The fourth-order valence-corrected chi connectivity index (χ4v) is 4.84. The molecule has 0 amide bonds. The zero-order valence-corrected chi connectivity index (χ0v) is 18.4. The molecule has 31 heavy (non-hydrogen) atoms. The minimum atomic E-state index is -0.387. The highest BCUT2D eigenvalue weighted by Crippen LogP contribution is 2.26. The molecule has 0 unspecified atom stereocenters. The van der Waals surface area contributed by atoms with Crippen molar-refractivity contribution in [2.45, 2.75) is 37.9 Å². The van der Waals surface area contributed by atoms with Gasteiger partial charge in [0.05, 0.1) is 29.3 Å². The van der Waals surface area contributed by atoms with Gasteiger partial charge in [-0.2, -0.15) is 0 Å². The van der Waals surface area contributed by atoms with Gasteiger partial charge in [0.2, 0.25) is 0 Å². The standard InChI is InChI=1S/C24H25N3O3S/c1-3-15-8-7-10-17-19(12-25-22(15)17)21(29)14-31-24-26-20-11-6-5-9-18(20)23(30)27(24)16(4-2)13-28/h5-12,16,25,28H,3-4,13-14H2,1-2H3/t16-/m1/s1. The van der Waals surface area contributed by atoms with Gasteiger partial charge in [-0.05, 0) is 30.5 Å². The number of nitrogens with zero attached hydrogens (tertiary/aromatic N) is 2. The predicted molar refractivity (Wildman–Crippen MR) is 125 cm³/mol. The number of hydrogen-bond donors (Lipinski definition) is 2. The molecule has 0 radical (unpaired) electrons. The average Bonchev–Trinajstić information content (AvgIpc) is 3.24. The summed E-state index contributed by atoms with van der Waals surface area (Å²) in [5.74, 6) is 0.117. The summed E-state index contributed by atoms with van der Waals surface area (Å²) in [6.07, 6.45) is 3.23. The molecule has 4 rings (SSSR count). The van der Waals surface area contributed by atoms with E-state index in [0.29, 0.717) is 28.0 Å². The van der Waals surface area contributed by atoms with E-state index in [1.54, 1.807) is 24.4 Å². The Morgan fingerprint density at radius 2 is 1.94 bits per heavy atom. The van der Waals surface area contributed by atoms with Gasteiger partial charge < -0.3 is 10.1 Å². The van der Waals surface area contributed by atoms with Crippen LogP contribution in [0.3, 0.4) is 0 Å². The van der Waals surface area contributed by atoms with Crippen LogP contribution >= 0.6 is 11.8 Å². The Bertz CT molecular complexity index is 1300. The van der Waals surface area contributed by atoms with E-state index in [-0.39, 0.29) is 29.7 Å². The summed E-state index contributed by atoms with van der Waals surface area (Å²) >= 11 is 1.24. The van der Waals surface area contributed by atoms with Crippen LogP contribution in [0.1, 0.15) is 42.2 Å². The molecule has 0 aliphatic carbocycles. The Labute approximate surface area is 184 Å². The Balaban J connectivity index is 1.70. The number of thioether (sulfide) groups is 1. The molecule has 1 atom stereocenters. The summed E-state index contributed by atoms with van der Waals surface area (Å²) in [6.45, 7) is 3.84. The van der Waals surface area contributed by atoms with Crippen LogP contribution in [0.15, 0.2) is 58.6 Å². The van der Waals surface area contributed by atoms with Crippen molar-refractivity contribution in [1.29, 1.82) is 0 Å². The van der Waals surface area contributed by atoms with Crippen LogP contribution in [-0.4, -0.2) is 37.8 Å². The van der Waals surface area contributed by atoms with Crippen molar-refractivity contribution in [3.05, 3.63) is 70.1 Å². The van der Waals surface area contributed by atoms with E-state index in [1.165, 1.54) is 21.9 Å². The van der Waals surface area contributed by atoms with E-state index >= 15 is 0 Å². The first-order chi connectivity index (χ1) is 15.1. The van der Waals surface area contributed by atoms with Gasteiger partial charge in [-0.25, -0.2) is 4.98 Å². The molecule has 4 aromatic rings. The Morgan fingerprint density at radius 3 is 2.68 bits per heavy atom. The molecule has 0 spiro atoms. The quantitative estimate of drug-likeness (QED) is 0.244. The summed E-state index contributed by atoms with van der Waals surface area (Å²) < 4.78 is 1.53.